The third kappa shape index (κ3) is 2.54. The van der Waals surface area contributed by atoms with E-state index in [-0.39, 0.29) is 11.5 Å². The van der Waals surface area contributed by atoms with Gasteiger partial charge in [-0.3, -0.25) is 9.78 Å². The van der Waals surface area contributed by atoms with E-state index in [0.717, 1.165) is 0 Å². The summed E-state index contributed by atoms with van der Waals surface area (Å²) in [5.41, 5.74) is -0.346. The molecule has 0 bridgehead atoms. The van der Waals surface area contributed by atoms with Crippen molar-refractivity contribution in [1.29, 1.82) is 0 Å². The highest BCUT2D eigenvalue weighted by Crippen LogP contribution is 2.09. The van der Waals surface area contributed by atoms with Gasteiger partial charge in [0.15, 0.2) is 5.16 Å². The first-order valence-electron chi connectivity index (χ1n) is 3.51. The first kappa shape index (κ1) is 9.05. The molecule has 0 unspecified atom stereocenters. The average molecular weight is 187 g/mol. The van der Waals surface area contributed by atoms with Gasteiger partial charge < -0.3 is 0 Å². The van der Waals surface area contributed by atoms with Gasteiger partial charge in [-0.15, -0.1) is 5.10 Å². The third-order valence-corrected chi connectivity index (χ3v) is 2.18. The standard InChI is InChI=1S/C6H9N3O2S/c1-2-4(10)3-12-6-7-5(11)8-9-6/h2-3H2,1H3,(H2,7,8,9,11). The van der Waals surface area contributed by atoms with Gasteiger partial charge in [0, 0.05) is 6.42 Å². The number of carbonyl (C=O) groups excluding carboxylic acids is 1. The second kappa shape index (κ2) is 4.10. The quantitative estimate of drug-likeness (QED) is 0.658. The fourth-order valence-corrected chi connectivity index (χ4v) is 1.35. The Morgan fingerprint density at radius 1 is 1.67 bits per heavy atom. The van der Waals surface area contributed by atoms with Gasteiger partial charge in [-0.2, -0.15) is 0 Å². The Labute approximate surface area is 73.0 Å². The summed E-state index contributed by atoms with van der Waals surface area (Å²) in [6.45, 7) is 1.80. The van der Waals surface area contributed by atoms with E-state index in [0.29, 0.717) is 17.3 Å². The van der Waals surface area contributed by atoms with E-state index in [9.17, 15) is 9.59 Å². The highest BCUT2D eigenvalue weighted by atomic mass is 32.2. The number of carbonyl (C=O) groups is 1. The van der Waals surface area contributed by atoms with Gasteiger partial charge in [0.2, 0.25) is 0 Å². The first-order valence-corrected chi connectivity index (χ1v) is 4.50. The summed E-state index contributed by atoms with van der Waals surface area (Å²) < 4.78 is 0. The molecule has 0 aliphatic heterocycles. The van der Waals surface area contributed by atoms with Crippen molar-refractivity contribution < 1.29 is 4.79 Å². The number of hydrogen-bond donors (Lipinski definition) is 2. The minimum atomic E-state index is -0.346. The fraction of sp³-hybridized carbons (Fsp3) is 0.500. The molecule has 1 rings (SSSR count). The van der Waals surface area contributed by atoms with Crippen LogP contribution in [0.25, 0.3) is 0 Å². The topological polar surface area (TPSA) is 78.6 Å². The Morgan fingerprint density at radius 2 is 2.42 bits per heavy atom. The lowest BCUT2D eigenvalue weighted by Gasteiger charge is -1.92. The number of rotatable bonds is 4. The number of H-pyrrole nitrogens is 2. The second-order valence-electron chi connectivity index (χ2n) is 2.16. The normalized spacial score (nSPS) is 10.1. The summed E-state index contributed by atoms with van der Waals surface area (Å²) in [6, 6.07) is 0. The molecule has 6 heteroatoms. The van der Waals surface area contributed by atoms with E-state index in [2.05, 4.69) is 15.2 Å². The fourth-order valence-electron chi connectivity index (χ4n) is 0.574. The maximum atomic E-state index is 10.8. The molecule has 1 aromatic rings. The SMILES string of the molecule is CCC(=O)CSc1n[nH]c(=O)[nH]1. The third-order valence-electron chi connectivity index (χ3n) is 1.24. The number of aromatic amines is 2. The van der Waals surface area contributed by atoms with Crippen LogP contribution in [0.1, 0.15) is 13.3 Å². The van der Waals surface area contributed by atoms with Gasteiger partial charge in [0.05, 0.1) is 5.75 Å². The molecule has 0 atom stereocenters. The van der Waals surface area contributed by atoms with E-state index in [1.807, 2.05) is 0 Å². The predicted molar refractivity (Wildman–Crippen MR) is 45.2 cm³/mol. The maximum Gasteiger partial charge on any atom is 0.341 e. The zero-order valence-electron chi connectivity index (χ0n) is 6.59. The molecule has 0 spiro atoms. The van der Waals surface area contributed by atoms with E-state index >= 15 is 0 Å². The van der Waals surface area contributed by atoms with E-state index in [1.165, 1.54) is 11.8 Å². The number of hydrogen-bond acceptors (Lipinski definition) is 4. The summed E-state index contributed by atoms with van der Waals surface area (Å²) in [6.07, 6.45) is 0.516. The summed E-state index contributed by atoms with van der Waals surface area (Å²) >= 11 is 1.23. The van der Waals surface area contributed by atoms with Gasteiger partial charge in [0.25, 0.3) is 0 Å². The van der Waals surface area contributed by atoms with Gasteiger partial charge in [-0.25, -0.2) is 9.89 Å². The molecule has 0 fully saturated rings. The maximum absolute atomic E-state index is 10.8. The molecule has 0 aliphatic carbocycles. The van der Waals surface area contributed by atoms with Gasteiger partial charge in [-0.1, -0.05) is 18.7 Å². The van der Waals surface area contributed by atoms with Crippen LogP contribution in [0, 0.1) is 0 Å². The van der Waals surface area contributed by atoms with Crippen molar-refractivity contribution in [3.8, 4) is 0 Å². The lowest BCUT2D eigenvalue weighted by molar-refractivity contribution is -0.116. The highest BCUT2D eigenvalue weighted by Gasteiger charge is 2.02. The zero-order chi connectivity index (χ0) is 8.97. The molecule has 0 saturated heterocycles. The monoisotopic (exact) mass is 187 g/mol. The van der Waals surface area contributed by atoms with Crippen molar-refractivity contribution in [3.05, 3.63) is 10.5 Å². The summed E-state index contributed by atoms with van der Waals surface area (Å²) in [7, 11) is 0. The van der Waals surface area contributed by atoms with Crippen molar-refractivity contribution in [1.82, 2.24) is 15.2 Å². The molecule has 1 heterocycles. The molecule has 0 aliphatic rings. The van der Waals surface area contributed by atoms with Crippen LogP contribution >= 0.6 is 11.8 Å². The smallest absolute Gasteiger partial charge is 0.299 e. The van der Waals surface area contributed by atoms with E-state index in [1.54, 1.807) is 6.92 Å². The van der Waals surface area contributed by atoms with Crippen molar-refractivity contribution in [3.63, 3.8) is 0 Å². The summed E-state index contributed by atoms with van der Waals surface area (Å²) in [4.78, 5) is 23.8. The molecule has 0 saturated carbocycles. The molecule has 66 valence electrons. The molecule has 12 heavy (non-hydrogen) atoms. The minimum absolute atomic E-state index is 0.142. The van der Waals surface area contributed by atoms with Crippen LogP contribution in [0.2, 0.25) is 0 Å². The van der Waals surface area contributed by atoms with Crippen LogP contribution in [0.15, 0.2) is 9.95 Å². The number of thioether (sulfide) groups is 1. The molecule has 2 N–H and O–H groups in total. The molecule has 0 radical (unpaired) electrons. The Balaban J connectivity index is 2.43. The number of nitrogens with zero attached hydrogens (tertiary/aromatic N) is 1. The largest absolute Gasteiger partial charge is 0.341 e. The predicted octanol–water partition coefficient (Wildman–Crippen LogP) is 0.169. The Kier molecular flexibility index (Phi) is 3.09. The van der Waals surface area contributed by atoms with Crippen LogP contribution in [0.4, 0.5) is 0 Å². The van der Waals surface area contributed by atoms with Gasteiger partial charge in [-0.05, 0) is 0 Å². The lowest BCUT2D eigenvalue weighted by Crippen LogP contribution is -2.01. The molecule has 0 aromatic carbocycles. The molecule has 0 amide bonds. The Bertz CT molecular complexity index is 317. The van der Waals surface area contributed by atoms with Crippen molar-refractivity contribution in [2.75, 3.05) is 5.75 Å². The molecular formula is C6H9N3O2S. The Morgan fingerprint density at radius 3 is 2.92 bits per heavy atom. The zero-order valence-corrected chi connectivity index (χ0v) is 7.40. The number of Topliss-reactive ketones (excluding diaryl/α,β-unsaturated/α-hetero) is 1. The Hall–Kier alpha value is -1.04. The van der Waals surface area contributed by atoms with Crippen LogP contribution in [0.3, 0.4) is 0 Å². The van der Waals surface area contributed by atoms with E-state index < -0.39 is 0 Å². The van der Waals surface area contributed by atoms with Crippen LogP contribution in [-0.4, -0.2) is 26.7 Å². The average Bonchev–Trinajstić information content (AvgIpc) is 2.47. The summed E-state index contributed by atoms with van der Waals surface area (Å²) in [5.74, 6) is 0.501. The second-order valence-corrected chi connectivity index (χ2v) is 3.13. The molecule has 5 nitrogen and oxygen atoms in total. The van der Waals surface area contributed by atoms with Crippen molar-refractivity contribution in [2.24, 2.45) is 0 Å². The van der Waals surface area contributed by atoms with Crippen LogP contribution in [0.5, 0.6) is 0 Å². The lowest BCUT2D eigenvalue weighted by atomic mass is 10.4. The number of ketones is 1. The van der Waals surface area contributed by atoms with Gasteiger partial charge >= 0.3 is 5.69 Å². The number of aromatic nitrogens is 3. The van der Waals surface area contributed by atoms with Crippen molar-refractivity contribution in [2.45, 2.75) is 18.5 Å². The molecular weight excluding hydrogens is 178 g/mol. The van der Waals surface area contributed by atoms with Crippen molar-refractivity contribution >= 4 is 17.5 Å². The summed E-state index contributed by atoms with van der Waals surface area (Å²) in [5, 5.41) is 6.32. The number of nitrogens with one attached hydrogen (secondary N) is 2. The van der Waals surface area contributed by atoms with E-state index in [4.69, 9.17) is 0 Å². The van der Waals surface area contributed by atoms with Crippen LogP contribution < -0.4 is 5.69 Å². The first-order chi connectivity index (χ1) is 5.72. The minimum Gasteiger partial charge on any atom is -0.299 e. The molecule has 1 aromatic heterocycles. The highest BCUT2D eigenvalue weighted by molar-refractivity contribution is 7.99. The van der Waals surface area contributed by atoms with Gasteiger partial charge in [0.1, 0.15) is 5.78 Å². The van der Waals surface area contributed by atoms with Crippen LogP contribution in [-0.2, 0) is 4.79 Å².